The summed E-state index contributed by atoms with van der Waals surface area (Å²) in [7, 11) is 1.57. The average Bonchev–Trinajstić information content (AvgIpc) is 3.56. The molecule has 2 aromatic heterocycles. The summed E-state index contributed by atoms with van der Waals surface area (Å²) in [5.74, 6) is -0.330. The molecule has 0 spiro atoms. The second-order valence-electron chi connectivity index (χ2n) is 10.4. The molecule has 3 amide bonds. The standard InChI is InChI=1S/C35H30Cl2N4O4S/c1-22-8-12-24-5-3-7-30(35(24)39-22)45-21-27-28(36)15-16-29(34(27)37)41(2)33(44)20-38-31(42)17-11-23-9-13-25(14-10-23)40-32(43)19-26-6-4-18-46-26/h3-18H,19-21H2,1-2H3,(H,38,42)(H,40,43). The quantitative estimate of drug-likeness (QED) is 0.142. The van der Waals surface area contributed by atoms with Crippen molar-refractivity contribution >= 4 is 80.6 Å². The summed E-state index contributed by atoms with van der Waals surface area (Å²) in [5, 5.41) is 9.00. The van der Waals surface area contributed by atoms with E-state index in [2.05, 4.69) is 15.6 Å². The van der Waals surface area contributed by atoms with E-state index in [1.165, 1.54) is 22.3 Å². The number of nitrogens with one attached hydrogen (secondary N) is 2. The molecule has 11 heteroatoms. The van der Waals surface area contributed by atoms with Gasteiger partial charge in [-0.2, -0.15) is 0 Å². The van der Waals surface area contributed by atoms with E-state index in [1.807, 2.05) is 54.8 Å². The van der Waals surface area contributed by atoms with E-state index < -0.39 is 5.91 Å². The van der Waals surface area contributed by atoms with Gasteiger partial charge in [0, 0.05) is 45.4 Å². The minimum atomic E-state index is -0.440. The molecular weight excluding hydrogens is 643 g/mol. The van der Waals surface area contributed by atoms with Crippen LogP contribution in [-0.2, 0) is 27.4 Å². The number of para-hydroxylation sites is 1. The van der Waals surface area contributed by atoms with Crippen LogP contribution in [0.4, 0.5) is 11.4 Å². The second-order valence-corrected chi connectivity index (χ2v) is 12.2. The molecule has 5 rings (SSSR count). The van der Waals surface area contributed by atoms with Crippen LogP contribution in [0.5, 0.6) is 5.75 Å². The molecule has 0 aliphatic carbocycles. The number of halogens is 2. The van der Waals surface area contributed by atoms with Crippen molar-refractivity contribution in [3.05, 3.63) is 122 Å². The number of aromatic nitrogens is 1. The molecule has 3 aromatic carbocycles. The zero-order chi connectivity index (χ0) is 32.6. The molecule has 46 heavy (non-hydrogen) atoms. The van der Waals surface area contributed by atoms with Gasteiger partial charge in [-0.15, -0.1) is 11.3 Å². The fourth-order valence-electron chi connectivity index (χ4n) is 4.56. The lowest BCUT2D eigenvalue weighted by atomic mass is 10.1. The summed E-state index contributed by atoms with van der Waals surface area (Å²) < 4.78 is 6.08. The van der Waals surface area contributed by atoms with Crippen molar-refractivity contribution in [1.82, 2.24) is 10.3 Å². The highest BCUT2D eigenvalue weighted by Crippen LogP contribution is 2.35. The smallest absolute Gasteiger partial charge is 0.246 e. The Kier molecular flexibility index (Phi) is 10.7. The van der Waals surface area contributed by atoms with E-state index in [9.17, 15) is 14.4 Å². The molecular formula is C35H30Cl2N4O4S. The number of fused-ring (bicyclic) bond motifs is 1. The molecule has 0 aliphatic heterocycles. The molecule has 2 N–H and O–H groups in total. The highest BCUT2D eigenvalue weighted by Gasteiger charge is 2.19. The van der Waals surface area contributed by atoms with Gasteiger partial charge in [-0.1, -0.05) is 59.6 Å². The number of thiophene rings is 1. The molecule has 0 bridgehead atoms. The van der Waals surface area contributed by atoms with E-state index in [4.69, 9.17) is 27.9 Å². The van der Waals surface area contributed by atoms with Crippen LogP contribution >= 0.6 is 34.5 Å². The number of carbonyl (C=O) groups is 3. The lowest BCUT2D eigenvalue weighted by Crippen LogP contribution is -2.37. The minimum absolute atomic E-state index is 0.0618. The minimum Gasteiger partial charge on any atom is -0.487 e. The monoisotopic (exact) mass is 672 g/mol. The van der Waals surface area contributed by atoms with Crippen molar-refractivity contribution in [2.75, 3.05) is 23.8 Å². The van der Waals surface area contributed by atoms with E-state index >= 15 is 0 Å². The SMILES string of the molecule is Cc1ccc2cccc(OCc3c(Cl)ccc(N(C)C(=O)CNC(=O)C=Cc4ccc(NC(=O)Cc5cccs5)cc4)c3Cl)c2n1. The Morgan fingerprint density at radius 1 is 0.978 bits per heavy atom. The lowest BCUT2D eigenvalue weighted by Gasteiger charge is -2.21. The number of benzene rings is 3. The molecule has 0 fully saturated rings. The Balaban J connectivity index is 1.14. The van der Waals surface area contributed by atoms with Gasteiger partial charge in [0.1, 0.15) is 17.9 Å². The summed E-state index contributed by atoms with van der Waals surface area (Å²) in [4.78, 5) is 44.6. The average molecular weight is 674 g/mol. The topological polar surface area (TPSA) is 101 Å². The number of aryl methyl sites for hydroxylation is 1. The number of pyridine rings is 1. The molecule has 0 radical (unpaired) electrons. The first-order chi connectivity index (χ1) is 22.2. The van der Waals surface area contributed by atoms with Gasteiger partial charge in [-0.05, 0) is 66.4 Å². The lowest BCUT2D eigenvalue weighted by molar-refractivity contribution is -0.122. The van der Waals surface area contributed by atoms with Crippen LogP contribution in [0.2, 0.25) is 10.0 Å². The van der Waals surface area contributed by atoms with Crippen LogP contribution in [0.1, 0.15) is 21.7 Å². The van der Waals surface area contributed by atoms with Crippen LogP contribution in [0.3, 0.4) is 0 Å². The van der Waals surface area contributed by atoms with Gasteiger partial charge in [0.25, 0.3) is 0 Å². The molecule has 2 heterocycles. The molecule has 0 saturated heterocycles. The fraction of sp³-hybridized carbons (Fsp3) is 0.143. The second kappa shape index (κ2) is 15.1. The number of hydrogen-bond donors (Lipinski definition) is 2. The molecule has 0 atom stereocenters. The van der Waals surface area contributed by atoms with Crippen LogP contribution < -0.4 is 20.3 Å². The largest absolute Gasteiger partial charge is 0.487 e. The molecule has 0 saturated carbocycles. The van der Waals surface area contributed by atoms with E-state index in [0.717, 1.165) is 27.0 Å². The van der Waals surface area contributed by atoms with Crippen molar-refractivity contribution in [3.63, 3.8) is 0 Å². The zero-order valence-corrected chi connectivity index (χ0v) is 27.4. The van der Waals surface area contributed by atoms with Crippen molar-refractivity contribution in [2.24, 2.45) is 0 Å². The van der Waals surface area contributed by atoms with Gasteiger partial charge >= 0.3 is 0 Å². The van der Waals surface area contributed by atoms with Crippen LogP contribution in [-0.4, -0.2) is 36.3 Å². The van der Waals surface area contributed by atoms with Crippen molar-refractivity contribution < 1.29 is 19.1 Å². The predicted molar refractivity (Wildman–Crippen MR) is 186 cm³/mol. The first-order valence-electron chi connectivity index (χ1n) is 14.3. The van der Waals surface area contributed by atoms with Gasteiger partial charge in [0.2, 0.25) is 17.7 Å². The van der Waals surface area contributed by atoms with Crippen LogP contribution in [0.15, 0.2) is 90.3 Å². The molecule has 234 valence electrons. The van der Waals surface area contributed by atoms with Crippen LogP contribution in [0, 0.1) is 6.92 Å². The third-order valence-corrected chi connectivity index (χ3v) is 8.70. The maximum atomic E-state index is 13.0. The third kappa shape index (κ3) is 8.31. The van der Waals surface area contributed by atoms with Crippen LogP contribution in [0.25, 0.3) is 17.0 Å². The maximum absolute atomic E-state index is 13.0. The highest BCUT2D eigenvalue weighted by atomic mass is 35.5. The summed E-state index contributed by atoms with van der Waals surface area (Å²) in [6.07, 6.45) is 3.28. The Hall–Kier alpha value is -4.70. The fourth-order valence-corrected chi connectivity index (χ4v) is 5.87. The van der Waals surface area contributed by atoms with E-state index in [-0.39, 0.29) is 30.0 Å². The zero-order valence-electron chi connectivity index (χ0n) is 25.1. The first-order valence-corrected chi connectivity index (χ1v) is 15.9. The predicted octanol–water partition coefficient (Wildman–Crippen LogP) is 7.46. The summed E-state index contributed by atoms with van der Waals surface area (Å²) >= 11 is 14.7. The number of ether oxygens (including phenoxy) is 1. The van der Waals surface area contributed by atoms with Crippen molar-refractivity contribution in [2.45, 2.75) is 20.0 Å². The summed E-state index contributed by atoms with van der Waals surface area (Å²) in [5.41, 5.74) is 3.96. The maximum Gasteiger partial charge on any atom is 0.246 e. The number of rotatable bonds is 11. The molecule has 0 unspecified atom stereocenters. The number of anilines is 2. The Morgan fingerprint density at radius 3 is 2.54 bits per heavy atom. The van der Waals surface area contributed by atoms with Gasteiger partial charge in [0.15, 0.2) is 0 Å². The normalized spacial score (nSPS) is 11.0. The number of hydrogen-bond acceptors (Lipinski definition) is 6. The molecule has 8 nitrogen and oxygen atoms in total. The third-order valence-electron chi connectivity index (χ3n) is 7.05. The van der Waals surface area contributed by atoms with Gasteiger partial charge in [-0.25, -0.2) is 4.98 Å². The summed E-state index contributed by atoms with van der Waals surface area (Å²) in [6, 6.07) is 23.8. The number of amides is 3. The summed E-state index contributed by atoms with van der Waals surface area (Å²) in [6.45, 7) is 1.72. The number of likely N-dealkylation sites (N-methyl/N-ethyl adjacent to an activating group) is 1. The van der Waals surface area contributed by atoms with Gasteiger partial charge in [0.05, 0.1) is 23.7 Å². The van der Waals surface area contributed by atoms with Gasteiger partial charge in [-0.3, -0.25) is 14.4 Å². The number of nitrogens with zero attached hydrogens (tertiary/aromatic N) is 2. The molecule has 0 aliphatic rings. The van der Waals surface area contributed by atoms with E-state index in [0.29, 0.717) is 34.1 Å². The van der Waals surface area contributed by atoms with E-state index in [1.54, 1.807) is 49.5 Å². The highest BCUT2D eigenvalue weighted by molar-refractivity contribution is 7.10. The Bertz CT molecular complexity index is 1910. The number of carbonyl (C=O) groups excluding carboxylic acids is 3. The Morgan fingerprint density at radius 2 is 1.78 bits per heavy atom. The van der Waals surface area contributed by atoms with Crippen molar-refractivity contribution in [1.29, 1.82) is 0 Å². The van der Waals surface area contributed by atoms with Crippen molar-refractivity contribution in [3.8, 4) is 5.75 Å². The first kappa shape index (κ1) is 32.7. The van der Waals surface area contributed by atoms with Gasteiger partial charge < -0.3 is 20.3 Å². The Labute approximate surface area is 280 Å². The molecule has 5 aromatic rings.